The Morgan fingerprint density at radius 3 is 2.36 bits per heavy atom. The summed E-state index contributed by atoms with van der Waals surface area (Å²) in [5.41, 5.74) is 3.67. The van der Waals surface area contributed by atoms with Crippen molar-refractivity contribution in [3.63, 3.8) is 0 Å². The van der Waals surface area contributed by atoms with Crippen LogP contribution in [0.1, 0.15) is 11.7 Å². The highest BCUT2D eigenvalue weighted by Gasteiger charge is 2.18. The zero-order chi connectivity index (χ0) is 14.8. The lowest BCUT2D eigenvalue weighted by Gasteiger charge is -2.21. The van der Waals surface area contributed by atoms with Crippen molar-refractivity contribution < 1.29 is 4.74 Å². The Labute approximate surface area is 130 Å². The summed E-state index contributed by atoms with van der Waals surface area (Å²) in [7, 11) is 0. The Hall–Kier alpha value is -2.80. The maximum atomic E-state index is 5.87. The van der Waals surface area contributed by atoms with Crippen LogP contribution < -0.4 is 0 Å². The molecular weight excluding hydrogens is 268 g/mol. The van der Waals surface area contributed by atoms with E-state index >= 15 is 0 Å². The lowest BCUT2D eigenvalue weighted by Crippen LogP contribution is -2.03. The van der Waals surface area contributed by atoms with E-state index in [1.165, 1.54) is 27.5 Å². The van der Waals surface area contributed by atoms with Crippen molar-refractivity contribution in [3.05, 3.63) is 96.8 Å². The van der Waals surface area contributed by atoms with Crippen LogP contribution in [0.3, 0.4) is 0 Å². The van der Waals surface area contributed by atoms with Gasteiger partial charge in [0.2, 0.25) is 0 Å². The summed E-state index contributed by atoms with van der Waals surface area (Å²) >= 11 is 0. The van der Waals surface area contributed by atoms with Gasteiger partial charge in [-0.25, -0.2) is 0 Å². The van der Waals surface area contributed by atoms with Gasteiger partial charge in [0.1, 0.15) is 6.10 Å². The van der Waals surface area contributed by atoms with Gasteiger partial charge >= 0.3 is 0 Å². The lowest BCUT2D eigenvalue weighted by molar-refractivity contribution is 0.188. The van der Waals surface area contributed by atoms with Crippen molar-refractivity contribution in [1.29, 1.82) is 0 Å². The third kappa shape index (κ3) is 2.21. The van der Waals surface area contributed by atoms with Gasteiger partial charge in [-0.05, 0) is 34.1 Å². The Morgan fingerprint density at radius 1 is 0.727 bits per heavy atom. The molecule has 1 atom stereocenters. The molecule has 3 aromatic rings. The monoisotopic (exact) mass is 284 g/mol. The lowest BCUT2D eigenvalue weighted by atomic mass is 9.90. The Morgan fingerprint density at radius 2 is 1.55 bits per heavy atom. The molecule has 0 radical (unpaired) electrons. The molecule has 1 aliphatic heterocycles. The Balaban J connectivity index is 2.00. The molecule has 0 aliphatic carbocycles. The summed E-state index contributed by atoms with van der Waals surface area (Å²) < 4.78 is 5.87. The van der Waals surface area contributed by atoms with E-state index in [0.29, 0.717) is 0 Å². The van der Waals surface area contributed by atoms with E-state index in [4.69, 9.17) is 4.74 Å². The number of allylic oxidation sites excluding steroid dienone is 2. The SMILES string of the molecule is C1=COC(c2c(-c3ccccc3)ccc3ccccc23)C=C1. The molecule has 4 rings (SSSR count). The van der Waals surface area contributed by atoms with Gasteiger partial charge in [0.25, 0.3) is 0 Å². The minimum atomic E-state index is -0.0497. The van der Waals surface area contributed by atoms with Gasteiger partial charge in [0.05, 0.1) is 6.26 Å². The van der Waals surface area contributed by atoms with Gasteiger partial charge in [-0.2, -0.15) is 0 Å². The van der Waals surface area contributed by atoms with Crippen LogP contribution in [0.2, 0.25) is 0 Å². The van der Waals surface area contributed by atoms with E-state index < -0.39 is 0 Å². The number of rotatable bonds is 2. The van der Waals surface area contributed by atoms with Gasteiger partial charge in [-0.1, -0.05) is 72.8 Å². The molecule has 0 N–H and O–H groups in total. The first-order chi connectivity index (χ1) is 10.9. The standard InChI is InChI=1S/C21H16O/c1-2-8-16(9-3-1)19-14-13-17-10-4-5-11-18(17)21(19)20-12-6-7-15-22-20/h1-15,20H. The second kappa shape index (κ2) is 5.53. The average Bonchev–Trinajstić information content (AvgIpc) is 2.62. The molecule has 0 bridgehead atoms. The quantitative estimate of drug-likeness (QED) is 0.591. The molecule has 0 spiro atoms. The number of hydrogen-bond donors (Lipinski definition) is 0. The molecule has 1 nitrogen and oxygen atoms in total. The normalized spacial score (nSPS) is 16.6. The second-order valence-corrected chi connectivity index (χ2v) is 5.38. The first kappa shape index (κ1) is 12.9. The van der Waals surface area contributed by atoms with Gasteiger partial charge in [0, 0.05) is 5.56 Å². The van der Waals surface area contributed by atoms with Crippen LogP contribution in [-0.4, -0.2) is 0 Å². The molecular formula is C21H16O. The van der Waals surface area contributed by atoms with Crippen LogP contribution >= 0.6 is 0 Å². The molecule has 3 aromatic carbocycles. The zero-order valence-corrected chi connectivity index (χ0v) is 12.1. The highest BCUT2D eigenvalue weighted by molar-refractivity contribution is 5.92. The van der Waals surface area contributed by atoms with Gasteiger partial charge in [-0.15, -0.1) is 0 Å². The summed E-state index contributed by atoms with van der Waals surface area (Å²) in [4.78, 5) is 0. The predicted molar refractivity (Wildman–Crippen MR) is 91.5 cm³/mol. The number of benzene rings is 3. The fraction of sp³-hybridized carbons (Fsp3) is 0.0476. The Kier molecular flexibility index (Phi) is 3.24. The maximum absolute atomic E-state index is 5.87. The first-order valence-electron chi connectivity index (χ1n) is 7.49. The molecule has 0 fully saturated rings. The molecule has 0 saturated heterocycles. The van der Waals surface area contributed by atoms with Gasteiger partial charge < -0.3 is 4.74 Å². The first-order valence-corrected chi connectivity index (χ1v) is 7.49. The molecule has 1 heteroatoms. The fourth-order valence-electron chi connectivity index (χ4n) is 3.02. The van der Waals surface area contributed by atoms with E-state index in [0.717, 1.165) is 0 Å². The van der Waals surface area contributed by atoms with Crippen LogP contribution in [0.4, 0.5) is 0 Å². The van der Waals surface area contributed by atoms with Crippen molar-refractivity contribution in [2.45, 2.75) is 6.10 Å². The fourth-order valence-corrected chi connectivity index (χ4v) is 3.02. The predicted octanol–water partition coefficient (Wildman–Crippen LogP) is 5.65. The molecule has 1 aliphatic rings. The molecule has 0 amide bonds. The highest BCUT2D eigenvalue weighted by atomic mass is 16.5. The molecule has 1 unspecified atom stereocenters. The summed E-state index contributed by atoms with van der Waals surface area (Å²) in [6.45, 7) is 0. The zero-order valence-electron chi connectivity index (χ0n) is 12.1. The second-order valence-electron chi connectivity index (χ2n) is 5.38. The van der Waals surface area contributed by atoms with Crippen LogP contribution in [0.5, 0.6) is 0 Å². The third-order valence-corrected chi connectivity index (χ3v) is 4.04. The summed E-state index contributed by atoms with van der Waals surface area (Å²) in [6, 6.07) is 23.4. The van der Waals surface area contributed by atoms with Crippen LogP contribution in [0.25, 0.3) is 21.9 Å². The summed E-state index contributed by atoms with van der Waals surface area (Å²) in [5.74, 6) is 0. The van der Waals surface area contributed by atoms with Gasteiger partial charge in [0.15, 0.2) is 0 Å². The van der Waals surface area contributed by atoms with E-state index in [2.05, 4.69) is 66.7 Å². The molecule has 1 heterocycles. The third-order valence-electron chi connectivity index (χ3n) is 4.04. The topological polar surface area (TPSA) is 9.23 Å². The summed E-state index contributed by atoms with van der Waals surface area (Å²) in [5, 5.41) is 2.48. The van der Waals surface area contributed by atoms with E-state index in [1.54, 1.807) is 6.26 Å². The van der Waals surface area contributed by atoms with Crippen molar-refractivity contribution >= 4 is 10.8 Å². The number of hydrogen-bond acceptors (Lipinski definition) is 1. The van der Waals surface area contributed by atoms with Crippen LogP contribution in [0.15, 0.2) is 91.2 Å². The number of ether oxygens (including phenoxy) is 1. The van der Waals surface area contributed by atoms with Crippen molar-refractivity contribution in [3.8, 4) is 11.1 Å². The minimum Gasteiger partial charge on any atom is -0.489 e. The van der Waals surface area contributed by atoms with E-state index in [9.17, 15) is 0 Å². The molecule has 0 saturated carbocycles. The van der Waals surface area contributed by atoms with Gasteiger partial charge in [-0.3, -0.25) is 0 Å². The average molecular weight is 284 g/mol. The molecule has 106 valence electrons. The van der Waals surface area contributed by atoms with Crippen molar-refractivity contribution in [2.24, 2.45) is 0 Å². The Bertz CT molecular complexity index is 859. The minimum absolute atomic E-state index is 0.0497. The van der Waals surface area contributed by atoms with Crippen molar-refractivity contribution in [2.75, 3.05) is 0 Å². The smallest absolute Gasteiger partial charge is 0.143 e. The largest absolute Gasteiger partial charge is 0.489 e. The van der Waals surface area contributed by atoms with Crippen molar-refractivity contribution in [1.82, 2.24) is 0 Å². The maximum Gasteiger partial charge on any atom is 0.143 e. The van der Waals surface area contributed by atoms with Crippen LogP contribution in [-0.2, 0) is 4.74 Å². The molecule has 22 heavy (non-hydrogen) atoms. The van der Waals surface area contributed by atoms with E-state index in [-0.39, 0.29) is 6.10 Å². The summed E-state index contributed by atoms with van der Waals surface area (Å²) in [6.07, 6.45) is 7.79. The van der Waals surface area contributed by atoms with Crippen LogP contribution in [0, 0.1) is 0 Å². The molecule has 0 aromatic heterocycles. The van der Waals surface area contributed by atoms with E-state index in [1.807, 2.05) is 18.2 Å². The highest BCUT2D eigenvalue weighted by Crippen LogP contribution is 2.37. The number of fused-ring (bicyclic) bond motifs is 1.